The molecule has 0 amide bonds. The Bertz CT molecular complexity index is 2130. The number of hydrogen-bond donors (Lipinski definition) is 2. The molecule has 0 aliphatic carbocycles. The lowest BCUT2D eigenvalue weighted by atomic mass is 9.88. The predicted molar refractivity (Wildman–Crippen MR) is 220 cm³/mol. The quantitative estimate of drug-likeness (QED) is 0.222. The van der Waals surface area contributed by atoms with Crippen molar-refractivity contribution >= 4 is 24.1 Å². The smallest absolute Gasteiger partial charge is 0.323 e. The zero-order valence-corrected chi connectivity index (χ0v) is 33.4. The number of hydrogen-bond acceptors (Lipinski definition) is 10. The molecule has 2 aromatic carbocycles. The van der Waals surface area contributed by atoms with Gasteiger partial charge in [0.1, 0.15) is 12.1 Å². The van der Waals surface area contributed by atoms with Crippen LogP contribution in [-0.2, 0) is 45.2 Å². The van der Waals surface area contributed by atoms with Gasteiger partial charge in [0.2, 0.25) is 0 Å². The molecule has 2 saturated heterocycles. The van der Waals surface area contributed by atoms with E-state index in [1.807, 2.05) is 123 Å². The Hall–Kier alpha value is -5.40. The first-order valence-electron chi connectivity index (χ1n) is 19.9. The van der Waals surface area contributed by atoms with E-state index < -0.39 is 12.1 Å². The van der Waals surface area contributed by atoms with Crippen molar-refractivity contribution < 1.29 is 29.3 Å². The maximum atomic E-state index is 13.0. The van der Waals surface area contributed by atoms with Gasteiger partial charge in [-0.2, -0.15) is 0 Å². The van der Waals surface area contributed by atoms with E-state index in [9.17, 15) is 29.4 Å². The monoisotopic (exact) mass is 788 g/mol. The molecule has 304 valence electrons. The van der Waals surface area contributed by atoms with Crippen molar-refractivity contribution in [3.8, 4) is 0 Å². The van der Waals surface area contributed by atoms with Crippen molar-refractivity contribution in [2.75, 3.05) is 27.4 Å². The van der Waals surface area contributed by atoms with Gasteiger partial charge in [-0.25, -0.2) is 0 Å². The van der Waals surface area contributed by atoms with Gasteiger partial charge in [-0.1, -0.05) is 85.0 Å². The molecule has 0 radical (unpaired) electrons. The largest absolute Gasteiger partial charge is 0.468 e. The van der Waals surface area contributed by atoms with Crippen molar-refractivity contribution in [3.05, 3.63) is 151 Å². The maximum Gasteiger partial charge on any atom is 0.323 e. The molecule has 2 aromatic heterocycles. The lowest BCUT2D eigenvalue weighted by Crippen LogP contribution is -2.43. The number of benzene rings is 2. The Morgan fingerprint density at radius 2 is 1.00 bits per heavy atom. The van der Waals surface area contributed by atoms with Crippen LogP contribution in [-0.4, -0.2) is 80.6 Å². The van der Waals surface area contributed by atoms with E-state index in [1.54, 1.807) is 9.13 Å². The molecule has 0 unspecified atom stereocenters. The number of aromatic nitrogens is 2. The number of pyridine rings is 2. The minimum absolute atomic E-state index is 0.0265. The number of allylic oxidation sites excluding steroid dienone is 2. The van der Waals surface area contributed by atoms with Gasteiger partial charge >= 0.3 is 11.9 Å². The lowest BCUT2D eigenvalue weighted by Gasteiger charge is -2.29. The van der Waals surface area contributed by atoms with E-state index in [-0.39, 0.29) is 72.0 Å². The lowest BCUT2D eigenvalue weighted by molar-refractivity contribution is -0.149. The summed E-state index contributed by atoms with van der Waals surface area (Å²) in [7, 11) is 2.76. The molecule has 12 heteroatoms. The van der Waals surface area contributed by atoms with Crippen molar-refractivity contribution in [2.24, 2.45) is 23.7 Å². The summed E-state index contributed by atoms with van der Waals surface area (Å²) in [5, 5.41) is 20.3. The second-order valence-corrected chi connectivity index (χ2v) is 15.4. The number of aliphatic hydroxyl groups is 2. The summed E-state index contributed by atoms with van der Waals surface area (Å²) in [6.07, 6.45) is 7.33. The third-order valence-electron chi connectivity index (χ3n) is 12.4. The molecule has 2 N–H and O–H groups in total. The van der Waals surface area contributed by atoms with Gasteiger partial charge in [-0.3, -0.25) is 29.0 Å². The fourth-order valence-corrected chi connectivity index (χ4v) is 9.98. The highest BCUT2D eigenvalue weighted by Gasteiger charge is 2.57. The Balaban J connectivity index is 0.000000177. The van der Waals surface area contributed by atoms with Crippen LogP contribution in [0.25, 0.3) is 12.2 Å². The number of esters is 2. The van der Waals surface area contributed by atoms with Gasteiger partial charge in [0.15, 0.2) is 0 Å². The Morgan fingerprint density at radius 3 is 1.33 bits per heavy atom. The van der Waals surface area contributed by atoms with Crippen molar-refractivity contribution in [1.29, 1.82) is 0 Å². The molecule has 6 heterocycles. The van der Waals surface area contributed by atoms with Crippen LogP contribution in [0.4, 0.5) is 0 Å². The Kier molecular flexibility index (Phi) is 12.4. The number of methoxy groups -OCH3 is 2. The molecule has 0 saturated carbocycles. The van der Waals surface area contributed by atoms with Gasteiger partial charge in [0.05, 0.1) is 26.3 Å². The van der Waals surface area contributed by atoms with Crippen molar-refractivity contribution in [3.63, 3.8) is 0 Å². The molecular formula is C46H52N4O8. The van der Waals surface area contributed by atoms with Crippen LogP contribution in [0, 0.1) is 23.7 Å². The second kappa shape index (κ2) is 17.6. The van der Waals surface area contributed by atoms with Crippen LogP contribution in [0.5, 0.6) is 0 Å². The molecular weight excluding hydrogens is 737 g/mol. The van der Waals surface area contributed by atoms with E-state index in [4.69, 9.17) is 9.47 Å². The minimum atomic E-state index is -0.542. The first-order valence-corrected chi connectivity index (χ1v) is 19.9. The molecule has 4 aliphatic rings. The van der Waals surface area contributed by atoms with Gasteiger partial charge in [-0.05, 0) is 49.2 Å². The molecule has 12 nitrogen and oxygen atoms in total. The van der Waals surface area contributed by atoms with E-state index in [2.05, 4.69) is 9.80 Å². The number of fused-ring (bicyclic) bond motifs is 6. The SMILES string of the molecule is C/C=C/c1ccc2n(c1=O)C[C@H]1[C@H](CO)[C@@H](C(=O)OC)N(Cc3ccccc3)[C@@H]21.C/C=C\c1ccc2n(c1=O)C[C@H]1[C@H](CO)[C@@H](C(=O)OC)N(Cc3ccccc3)[C@@H]21. The number of carbonyl (C=O) groups excluding carboxylic acids is 2. The normalized spacial score (nSPS) is 25.9. The zero-order chi connectivity index (χ0) is 41.1. The van der Waals surface area contributed by atoms with Crippen molar-refractivity contribution in [1.82, 2.24) is 18.9 Å². The molecule has 2 fully saturated rings. The van der Waals surface area contributed by atoms with Gasteiger partial charge < -0.3 is 28.8 Å². The molecule has 8 rings (SSSR count). The first-order chi connectivity index (χ1) is 28.2. The van der Waals surface area contributed by atoms with Crippen molar-refractivity contribution in [2.45, 2.75) is 64.2 Å². The van der Waals surface area contributed by atoms with E-state index in [1.165, 1.54) is 14.2 Å². The predicted octanol–water partition coefficient (Wildman–Crippen LogP) is 4.44. The highest BCUT2D eigenvalue weighted by atomic mass is 16.5. The van der Waals surface area contributed by atoms with Gasteiger partial charge in [0.25, 0.3) is 11.1 Å². The average Bonchev–Trinajstić information content (AvgIpc) is 3.98. The van der Waals surface area contributed by atoms with E-state index in [0.29, 0.717) is 37.3 Å². The van der Waals surface area contributed by atoms with E-state index in [0.717, 1.165) is 22.5 Å². The number of nitrogens with zero attached hydrogens (tertiary/aromatic N) is 4. The summed E-state index contributed by atoms with van der Waals surface area (Å²) in [6, 6.07) is 26.2. The van der Waals surface area contributed by atoms with Crippen LogP contribution in [0.3, 0.4) is 0 Å². The van der Waals surface area contributed by atoms with Crippen LogP contribution in [0.1, 0.15) is 59.6 Å². The summed E-state index contributed by atoms with van der Waals surface area (Å²) in [5.74, 6) is -1.31. The summed E-state index contributed by atoms with van der Waals surface area (Å²) < 4.78 is 13.8. The van der Waals surface area contributed by atoms with Crippen LogP contribution in [0.2, 0.25) is 0 Å². The van der Waals surface area contributed by atoms with E-state index >= 15 is 0 Å². The van der Waals surface area contributed by atoms with Crippen LogP contribution >= 0.6 is 0 Å². The standard InChI is InChI=1S/2C23H26N2O4/c2*1-3-7-16-10-11-19-20-17(13-24(19)22(16)27)18(14-26)21(23(28)29-2)25(20)12-15-8-5-4-6-9-15/h2*3-11,17-18,20-21,26H,12-14H2,1-2H3/b7-3+;7-3-/t2*17-,18-,20+,21-/m00/s1. The fraction of sp³-hybridized carbons (Fsp3) is 0.391. The molecule has 8 atom stereocenters. The summed E-state index contributed by atoms with van der Waals surface area (Å²) in [5.41, 5.74) is 5.19. The molecule has 58 heavy (non-hydrogen) atoms. The summed E-state index contributed by atoms with van der Waals surface area (Å²) in [6.45, 7) is 5.59. The minimum Gasteiger partial charge on any atom is -0.468 e. The highest BCUT2D eigenvalue weighted by Crippen LogP contribution is 2.51. The average molecular weight is 789 g/mol. The molecule has 4 aromatic rings. The van der Waals surface area contributed by atoms with Gasteiger partial charge in [-0.15, -0.1) is 0 Å². The number of ether oxygens (including phenoxy) is 2. The third kappa shape index (κ3) is 7.30. The van der Waals surface area contributed by atoms with Crippen LogP contribution < -0.4 is 11.1 Å². The number of carbonyl (C=O) groups is 2. The molecule has 4 aliphatic heterocycles. The molecule has 0 bridgehead atoms. The number of aliphatic hydroxyl groups excluding tert-OH is 2. The first kappa shape index (κ1) is 40.8. The number of likely N-dealkylation sites (tertiary alicyclic amines) is 2. The highest BCUT2D eigenvalue weighted by molar-refractivity contribution is 5.77. The topological polar surface area (TPSA) is 144 Å². The third-order valence-corrected chi connectivity index (χ3v) is 12.4. The van der Waals surface area contributed by atoms with Crippen LogP contribution in [0.15, 0.2) is 107 Å². The maximum absolute atomic E-state index is 13.0. The Labute approximate surface area is 338 Å². The number of rotatable bonds is 10. The zero-order valence-electron chi connectivity index (χ0n) is 33.4. The molecule has 0 spiro atoms. The second-order valence-electron chi connectivity index (χ2n) is 15.4. The fourth-order valence-electron chi connectivity index (χ4n) is 9.98. The summed E-state index contributed by atoms with van der Waals surface area (Å²) in [4.78, 5) is 55.5. The Morgan fingerprint density at radius 1 is 0.621 bits per heavy atom. The van der Waals surface area contributed by atoms with Gasteiger partial charge in [0, 0.05) is 85.6 Å². The summed E-state index contributed by atoms with van der Waals surface area (Å²) >= 11 is 0.